The molecule has 4 rings (SSSR count). The third-order valence-electron chi connectivity index (χ3n) is 5.49. The molecule has 35 heavy (non-hydrogen) atoms. The zero-order valence-electron chi connectivity index (χ0n) is 19.6. The lowest BCUT2D eigenvalue weighted by molar-refractivity contribution is -0.115. The van der Waals surface area contributed by atoms with Gasteiger partial charge in [0.25, 0.3) is 11.5 Å². The maximum Gasteiger partial charge on any atom is 0.262 e. The van der Waals surface area contributed by atoms with Crippen molar-refractivity contribution in [1.82, 2.24) is 14.9 Å². The second kappa shape index (κ2) is 11.1. The Morgan fingerprint density at radius 2 is 1.86 bits per heavy atom. The van der Waals surface area contributed by atoms with E-state index in [1.807, 2.05) is 19.1 Å². The zero-order chi connectivity index (χ0) is 24.8. The van der Waals surface area contributed by atoms with Crippen LogP contribution in [0.5, 0.6) is 0 Å². The molecule has 0 fully saturated rings. The van der Waals surface area contributed by atoms with Gasteiger partial charge in [0.15, 0.2) is 5.16 Å². The van der Waals surface area contributed by atoms with Crippen molar-refractivity contribution in [2.75, 3.05) is 17.7 Å². The highest BCUT2D eigenvalue weighted by Crippen LogP contribution is 2.23. The Morgan fingerprint density at radius 3 is 2.63 bits per heavy atom. The van der Waals surface area contributed by atoms with Crippen molar-refractivity contribution >= 4 is 40.2 Å². The molecule has 9 heteroatoms. The number of hydrogen-bond donors (Lipinski definition) is 1. The highest BCUT2D eigenvalue weighted by atomic mass is 32.2. The third kappa shape index (κ3) is 5.46. The first-order valence-electron chi connectivity index (χ1n) is 11.3. The number of amides is 2. The van der Waals surface area contributed by atoms with Crippen molar-refractivity contribution in [3.05, 3.63) is 88.6 Å². The fourth-order valence-corrected chi connectivity index (χ4v) is 4.61. The number of para-hydroxylation sites is 2. The molecule has 2 aromatic heterocycles. The molecular formula is C26H26N4O4S. The SMILES string of the molecule is CCCn1c(SCC(=O)N(C)c2ccccc2C(=O)NCc2ccco2)nc2ccccc2c1=O. The molecule has 0 saturated carbocycles. The number of aromatic nitrogens is 2. The Hall–Kier alpha value is -3.85. The Morgan fingerprint density at radius 1 is 1.09 bits per heavy atom. The number of hydrogen-bond acceptors (Lipinski definition) is 6. The average molecular weight is 491 g/mol. The summed E-state index contributed by atoms with van der Waals surface area (Å²) < 4.78 is 6.88. The molecule has 0 spiro atoms. The quantitative estimate of drug-likeness (QED) is 0.280. The van der Waals surface area contributed by atoms with Gasteiger partial charge < -0.3 is 14.6 Å². The van der Waals surface area contributed by atoms with Crippen LogP contribution in [0.25, 0.3) is 10.9 Å². The first-order chi connectivity index (χ1) is 17.0. The van der Waals surface area contributed by atoms with Gasteiger partial charge in [0.05, 0.1) is 40.7 Å². The standard InChI is InChI=1S/C26H26N4O4S/c1-3-14-30-25(33)19-10-4-6-12-21(19)28-26(30)35-17-23(31)29(2)22-13-7-5-11-20(22)24(32)27-16-18-9-8-15-34-18/h4-13,15H,3,14,16-17H2,1-2H3,(H,27,32). The summed E-state index contributed by atoms with van der Waals surface area (Å²) in [6.07, 6.45) is 2.31. The number of thioether (sulfide) groups is 1. The van der Waals surface area contributed by atoms with E-state index in [-0.39, 0.29) is 29.7 Å². The van der Waals surface area contributed by atoms with E-state index in [4.69, 9.17) is 4.42 Å². The minimum absolute atomic E-state index is 0.0628. The second-order valence-corrected chi connectivity index (χ2v) is 8.83. The maximum atomic E-state index is 13.1. The third-order valence-corrected chi connectivity index (χ3v) is 6.45. The minimum Gasteiger partial charge on any atom is -0.467 e. The number of anilines is 1. The number of furan rings is 1. The molecule has 0 saturated heterocycles. The van der Waals surface area contributed by atoms with Crippen LogP contribution in [0.15, 0.2) is 81.3 Å². The van der Waals surface area contributed by atoms with E-state index in [9.17, 15) is 14.4 Å². The zero-order valence-corrected chi connectivity index (χ0v) is 20.4. The van der Waals surface area contributed by atoms with Gasteiger partial charge in [0.1, 0.15) is 5.76 Å². The van der Waals surface area contributed by atoms with Crippen molar-refractivity contribution in [2.24, 2.45) is 0 Å². The van der Waals surface area contributed by atoms with Crippen LogP contribution in [-0.4, -0.2) is 34.2 Å². The van der Waals surface area contributed by atoms with E-state index in [1.165, 1.54) is 16.7 Å². The van der Waals surface area contributed by atoms with Gasteiger partial charge in [-0.1, -0.05) is 43.0 Å². The first kappa shape index (κ1) is 24.3. The molecule has 2 amide bonds. The molecule has 8 nitrogen and oxygen atoms in total. The molecule has 2 heterocycles. The van der Waals surface area contributed by atoms with Crippen molar-refractivity contribution in [3.63, 3.8) is 0 Å². The van der Waals surface area contributed by atoms with Gasteiger partial charge in [-0.05, 0) is 42.8 Å². The van der Waals surface area contributed by atoms with Gasteiger partial charge in [-0.2, -0.15) is 0 Å². The Labute approximate surface area is 207 Å². The van der Waals surface area contributed by atoms with Crippen LogP contribution >= 0.6 is 11.8 Å². The Bertz CT molecular complexity index is 1400. The van der Waals surface area contributed by atoms with E-state index >= 15 is 0 Å². The van der Waals surface area contributed by atoms with Gasteiger partial charge in [-0.3, -0.25) is 19.0 Å². The average Bonchev–Trinajstić information content (AvgIpc) is 3.41. The summed E-state index contributed by atoms with van der Waals surface area (Å²) >= 11 is 1.22. The lowest BCUT2D eigenvalue weighted by atomic mass is 10.1. The summed E-state index contributed by atoms with van der Waals surface area (Å²) in [7, 11) is 1.63. The molecule has 4 aromatic rings. The largest absolute Gasteiger partial charge is 0.467 e. The van der Waals surface area contributed by atoms with Crippen LogP contribution < -0.4 is 15.8 Å². The summed E-state index contributed by atoms with van der Waals surface area (Å²) in [4.78, 5) is 45.0. The summed E-state index contributed by atoms with van der Waals surface area (Å²) in [5, 5.41) is 3.87. The molecule has 180 valence electrons. The smallest absolute Gasteiger partial charge is 0.262 e. The molecule has 0 radical (unpaired) electrons. The van der Waals surface area contributed by atoms with E-state index in [1.54, 1.807) is 66.4 Å². The molecule has 2 aromatic carbocycles. The molecule has 1 N–H and O–H groups in total. The van der Waals surface area contributed by atoms with Gasteiger partial charge in [-0.15, -0.1) is 0 Å². The van der Waals surface area contributed by atoms with Crippen molar-refractivity contribution in [3.8, 4) is 0 Å². The van der Waals surface area contributed by atoms with Crippen molar-refractivity contribution in [2.45, 2.75) is 31.6 Å². The highest BCUT2D eigenvalue weighted by Gasteiger charge is 2.20. The van der Waals surface area contributed by atoms with E-state index < -0.39 is 0 Å². The topological polar surface area (TPSA) is 97.4 Å². The maximum absolute atomic E-state index is 13.1. The van der Waals surface area contributed by atoms with Gasteiger partial charge in [-0.25, -0.2) is 4.98 Å². The number of carbonyl (C=O) groups excluding carboxylic acids is 2. The van der Waals surface area contributed by atoms with Crippen LogP contribution in [0.2, 0.25) is 0 Å². The van der Waals surface area contributed by atoms with Crippen molar-refractivity contribution in [1.29, 1.82) is 0 Å². The number of benzene rings is 2. The van der Waals surface area contributed by atoms with Gasteiger partial charge in [0.2, 0.25) is 5.91 Å². The lowest BCUT2D eigenvalue weighted by Crippen LogP contribution is -2.32. The monoisotopic (exact) mass is 490 g/mol. The number of nitrogens with one attached hydrogen (secondary N) is 1. The van der Waals surface area contributed by atoms with Crippen molar-refractivity contribution < 1.29 is 14.0 Å². The van der Waals surface area contributed by atoms with Crippen LogP contribution in [0.3, 0.4) is 0 Å². The molecule has 0 unspecified atom stereocenters. The number of fused-ring (bicyclic) bond motifs is 1. The van der Waals surface area contributed by atoms with Crippen LogP contribution in [0.4, 0.5) is 5.69 Å². The number of rotatable bonds is 9. The minimum atomic E-state index is -0.308. The van der Waals surface area contributed by atoms with Crippen LogP contribution in [0.1, 0.15) is 29.5 Å². The summed E-state index contributed by atoms with van der Waals surface area (Å²) in [6, 6.07) is 17.7. The summed E-state index contributed by atoms with van der Waals surface area (Å²) in [5.41, 5.74) is 1.37. The Kier molecular flexibility index (Phi) is 7.67. The summed E-state index contributed by atoms with van der Waals surface area (Å²) in [5.74, 6) is 0.176. The van der Waals surface area contributed by atoms with E-state index in [0.29, 0.717) is 39.6 Å². The molecule has 0 aliphatic heterocycles. The lowest BCUT2D eigenvalue weighted by Gasteiger charge is -2.20. The Balaban J connectivity index is 1.51. The van der Waals surface area contributed by atoms with E-state index in [2.05, 4.69) is 10.3 Å². The van der Waals surface area contributed by atoms with Gasteiger partial charge >= 0.3 is 0 Å². The fraction of sp³-hybridized carbons (Fsp3) is 0.231. The first-order valence-corrected chi connectivity index (χ1v) is 12.3. The fourth-order valence-electron chi connectivity index (χ4n) is 3.67. The van der Waals surface area contributed by atoms with Crippen LogP contribution in [-0.2, 0) is 17.9 Å². The van der Waals surface area contributed by atoms with E-state index in [0.717, 1.165) is 6.42 Å². The van der Waals surface area contributed by atoms with Gasteiger partial charge in [0, 0.05) is 13.6 Å². The molecule has 0 bridgehead atoms. The number of nitrogens with zero attached hydrogens (tertiary/aromatic N) is 3. The predicted octanol–water partition coefficient (Wildman–Crippen LogP) is 4.08. The number of carbonyl (C=O) groups is 2. The predicted molar refractivity (Wildman–Crippen MR) is 137 cm³/mol. The summed E-state index contributed by atoms with van der Waals surface area (Å²) in [6.45, 7) is 2.75. The van der Waals surface area contributed by atoms with Crippen LogP contribution in [0, 0.1) is 0 Å². The molecule has 0 aliphatic carbocycles. The molecule has 0 atom stereocenters. The highest BCUT2D eigenvalue weighted by molar-refractivity contribution is 7.99. The molecule has 0 aliphatic rings. The second-order valence-electron chi connectivity index (χ2n) is 7.89. The molecular weight excluding hydrogens is 464 g/mol. The normalized spacial score (nSPS) is 10.9.